The molecule has 216 valence electrons. The van der Waals surface area contributed by atoms with Crippen LogP contribution in [0.25, 0.3) is 27.8 Å². The Kier molecular flexibility index (Phi) is 6.39. The average molecular weight is 573 g/mol. The summed E-state index contributed by atoms with van der Waals surface area (Å²) in [6, 6.07) is 11.4. The van der Waals surface area contributed by atoms with Crippen LogP contribution in [0, 0.1) is 5.82 Å². The van der Waals surface area contributed by atoms with Crippen molar-refractivity contribution >= 4 is 45.4 Å². The summed E-state index contributed by atoms with van der Waals surface area (Å²) < 4.78 is 23.9. The molecule has 2 aromatic carbocycles. The minimum atomic E-state index is -0.667. The molecule has 0 spiro atoms. The molecule has 2 aliphatic rings. The van der Waals surface area contributed by atoms with Crippen molar-refractivity contribution in [1.82, 2.24) is 29.0 Å². The molecule has 2 saturated heterocycles. The second-order valence-corrected chi connectivity index (χ2v) is 10.7. The van der Waals surface area contributed by atoms with Crippen LogP contribution in [0.4, 0.5) is 21.8 Å². The Balaban J connectivity index is 1.26. The first-order valence-electron chi connectivity index (χ1n) is 13.9. The molecule has 1 amide bonds. The molecule has 0 aliphatic carbocycles. The van der Waals surface area contributed by atoms with E-state index in [9.17, 15) is 14.7 Å². The summed E-state index contributed by atoms with van der Waals surface area (Å²) in [5, 5.41) is 13.5. The number of carbonyl (C=O) groups excluding carboxylic acids is 1. The number of likely N-dealkylation sites (tertiary alicyclic amines) is 1. The number of H-pyrrole nitrogens is 1. The molecular formula is C29H29FN8O4. The minimum Gasteiger partial charge on any atom is -0.393 e. The third-order valence-corrected chi connectivity index (χ3v) is 8.02. The number of hydrogen-bond donors (Lipinski definition) is 4. The molecule has 5 heterocycles. The largest absolute Gasteiger partial charge is 0.393 e. The average Bonchev–Trinajstić information content (AvgIpc) is 3.73. The highest BCUT2D eigenvalue weighted by atomic mass is 19.1. The van der Waals surface area contributed by atoms with Gasteiger partial charge in [0.25, 0.3) is 5.91 Å². The molecule has 7 rings (SSSR count). The number of nitrogens with zero attached hydrogens (tertiary/aromatic N) is 5. The fourth-order valence-electron chi connectivity index (χ4n) is 5.79. The maximum absolute atomic E-state index is 15.2. The highest BCUT2D eigenvalue weighted by Gasteiger charge is 2.28. The Morgan fingerprint density at radius 2 is 1.95 bits per heavy atom. The second kappa shape index (κ2) is 10.3. The van der Waals surface area contributed by atoms with Gasteiger partial charge in [0, 0.05) is 42.4 Å². The van der Waals surface area contributed by atoms with E-state index in [1.165, 1.54) is 16.7 Å². The van der Waals surface area contributed by atoms with Gasteiger partial charge in [0.05, 0.1) is 30.1 Å². The van der Waals surface area contributed by atoms with Crippen molar-refractivity contribution in [1.29, 1.82) is 0 Å². The number of amides is 1. The lowest BCUT2D eigenvalue weighted by Crippen LogP contribution is -2.40. The number of aliphatic hydroxyl groups is 1. The van der Waals surface area contributed by atoms with Crippen LogP contribution in [0.1, 0.15) is 35.7 Å². The quantitative estimate of drug-likeness (QED) is 0.250. The number of imidazole rings is 1. The molecule has 0 radical (unpaired) electrons. The van der Waals surface area contributed by atoms with Crippen LogP contribution in [-0.2, 0) is 4.74 Å². The van der Waals surface area contributed by atoms with Gasteiger partial charge in [-0.1, -0.05) is 0 Å². The number of piperidine rings is 1. The maximum atomic E-state index is 15.2. The maximum Gasteiger partial charge on any atom is 0.335 e. The van der Waals surface area contributed by atoms with E-state index in [-0.39, 0.29) is 40.7 Å². The molecule has 2 aliphatic heterocycles. The van der Waals surface area contributed by atoms with E-state index in [0.29, 0.717) is 62.4 Å². The summed E-state index contributed by atoms with van der Waals surface area (Å²) in [4.78, 5) is 40.5. The summed E-state index contributed by atoms with van der Waals surface area (Å²) in [6.45, 7) is 1.70. The molecule has 12 nitrogen and oxygen atoms in total. The Bertz CT molecular complexity index is 1880. The fourth-order valence-corrected chi connectivity index (χ4v) is 5.79. The molecule has 5 aromatic rings. The molecule has 1 unspecified atom stereocenters. The first-order valence-corrected chi connectivity index (χ1v) is 13.9. The number of benzene rings is 2. The number of ether oxygens (including phenoxy) is 1. The van der Waals surface area contributed by atoms with Gasteiger partial charge in [-0.15, -0.1) is 0 Å². The molecule has 3 aromatic heterocycles. The van der Waals surface area contributed by atoms with Crippen LogP contribution in [-0.4, -0.2) is 72.4 Å². The molecule has 13 heteroatoms. The zero-order valence-corrected chi connectivity index (χ0v) is 22.6. The van der Waals surface area contributed by atoms with Gasteiger partial charge in [0.2, 0.25) is 5.95 Å². The van der Waals surface area contributed by atoms with Crippen molar-refractivity contribution < 1.29 is 19.0 Å². The number of rotatable bonds is 5. The third kappa shape index (κ3) is 4.46. The lowest BCUT2D eigenvalue weighted by Gasteiger charge is -2.29. The number of anilines is 3. The standard InChI is InChI=1S/C29H29FN8O4/c30-21-14-17(27(40)36-10-6-20(39)7-11-36)1-3-23(21)33-28-34-25(31)24-26(35-28)38(19-8-12-42-15-19)29(41)37(24)18-2-4-22-16(13-18)5-9-32-22/h1-5,9,13-14,19-20,32,39H,6-8,10-12,15H2,(H3,31,33,34,35). The number of nitrogens with one attached hydrogen (secondary N) is 2. The van der Waals surface area contributed by atoms with Crippen LogP contribution in [0.5, 0.6) is 0 Å². The van der Waals surface area contributed by atoms with Gasteiger partial charge in [-0.25, -0.2) is 9.18 Å². The minimum absolute atomic E-state index is 0.00824. The van der Waals surface area contributed by atoms with Crippen LogP contribution in [0.2, 0.25) is 0 Å². The lowest BCUT2D eigenvalue weighted by atomic mass is 10.1. The van der Waals surface area contributed by atoms with E-state index in [1.807, 2.05) is 30.5 Å². The second-order valence-electron chi connectivity index (χ2n) is 10.7. The van der Waals surface area contributed by atoms with E-state index in [0.717, 1.165) is 17.0 Å². The van der Waals surface area contributed by atoms with Gasteiger partial charge < -0.3 is 30.8 Å². The van der Waals surface area contributed by atoms with E-state index in [2.05, 4.69) is 20.3 Å². The molecule has 0 bridgehead atoms. The normalized spacial score (nSPS) is 17.9. The number of hydrogen-bond acceptors (Lipinski definition) is 8. The van der Waals surface area contributed by atoms with Gasteiger partial charge in [-0.2, -0.15) is 9.97 Å². The number of aromatic nitrogens is 5. The Labute approximate surface area is 238 Å². The predicted molar refractivity (Wildman–Crippen MR) is 155 cm³/mol. The lowest BCUT2D eigenvalue weighted by molar-refractivity contribution is 0.0546. The molecule has 0 saturated carbocycles. The van der Waals surface area contributed by atoms with Crippen molar-refractivity contribution in [3.63, 3.8) is 0 Å². The molecule has 5 N–H and O–H groups in total. The molecule has 2 fully saturated rings. The smallest absolute Gasteiger partial charge is 0.335 e. The van der Waals surface area contributed by atoms with E-state index in [1.54, 1.807) is 9.47 Å². The first-order chi connectivity index (χ1) is 20.4. The number of carbonyl (C=O) groups is 1. The summed E-state index contributed by atoms with van der Waals surface area (Å²) in [7, 11) is 0. The number of aromatic amines is 1. The number of fused-ring (bicyclic) bond motifs is 2. The first kappa shape index (κ1) is 26.2. The zero-order valence-electron chi connectivity index (χ0n) is 22.6. The highest BCUT2D eigenvalue weighted by molar-refractivity contribution is 5.95. The Morgan fingerprint density at radius 1 is 1.12 bits per heavy atom. The van der Waals surface area contributed by atoms with Crippen molar-refractivity contribution in [3.8, 4) is 5.69 Å². The summed E-state index contributed by atoms with van der Waals surface area (Å²) in [6.07, 6.45) is 3.03. The van der Waals surface area contributed by atoms with Crippen molar-refractivity contribution in [2.75, 3.05) is 37.4 Å². The van der Waals surface area contributed by atoms with Crippen LogP contribution in [0.3, 0.4) is 0 Å². The van der Waals surface area contributed by atoms with Crippen LogP contribution in [0.15, 0.2) is 53.5 Å². The Morgan fingerprint density at radius 3 is 2.71 bits per heavy atom. The predicted octanol–water partition coefficient (Wildman–Crippen LogP) is 3.09. The Hall–Kier alpha value is -4.75. The fraction of sp³-hybridized carbons (Fsp3) is 0.310. The molecular weight excluding hydrogens is 543 g/mol. The summed E-state index contributed by atoms with van der Waals surface area (Å²) >= 11 is 0. The topological polar surface area (TPSA) is 156 Å². The van der Waals surface area contributed by atoms with Crippen molar-refractivity contribution in [2.45, 2.75) is 31.4 Å². The highest BCUT2D eigenvalue weighted by Crippen LogP contribution is 2.30. The molecule has 42 heavy (non-hydrogen) atoms. The van der Waals surface area contributed by atoms with Gasteiger partial charge in [-0.05, 0) is 61.7 Å². The van der Waals surface area contributed by atoms with Crippen molar-refractivity contribution in [3.05, 3.63) is 70.5 Å². The number of nitrogens with two attached hydrogens (primary N) is 1. The van der Waals surface area contributed by atoms with Gasteiger partial charge in [0.1, 0.15) is 11.3 Å². The van der Waals surface area contributed by atoms with Gasteiger partial charge >= 0.3 is 5.69 Å². The van der Waals surface area contributed by atoms with Crippen LogP contribution >= 0.6 is 0 Å². The van der Waals surface area contributed by atoms with E-state index < -0.39 is 11.9 Å². The SMILES string of the molecule is Nc1nc(Nc2ccc(C(=O)N3CCC(O)CC3)cc2F)nc2c1n(-c1ccc3[nH]ccc3c1)c(=O)n2C1CCOC1. The van der Waals surface area contributed by atoms with E-state index >= 15 is 4.39 Å². The third-order valence-electron chi connectivity index (χ3n) is 8.02. The number of aliphatic hydroxyl groups excluding tert-OH is 1. The van der Waals surface area contributed by atoms with Gasteiger partial charge in [-0.3, -0.25) is 13.9 Å². The summed E-state index contributed by atoms with van der Waals surface area (Å²) in [5.74, 6) is -0.907. The van der Waals surface area contributed by atoms with Gasteiger partial charge in [0.15, 0.2) is 11.5 Å². The number of nitrogen functional groups attached to an aromatic ring is 1. The zero-order chi connectivity index (χ0) is 29.0. The monoisotopic (exact) mass is 572 g/mol. The van der Waals surface area contributed by atoms with Crippen LogP contribution < -0.4 is 16.7 Å². The molecule has 1 atom stereocenters. The van der Waals surface area contributed by atoms with Crippen molar-refractivity contribution in [2.24, 2.45) is 0 Å². The number of halogens is 1. The summed E-state index contributed by atoms with van der Waals surface area (Å²) in [5.41, 5.74) is 8.58. The van der Waals surface area contributed by atoms with E-state index in [4.69, 9.17) is 10.5 Å².